The maximum Gasteiger partial charge on any atom is 0.123 e. The number of hydrogen-bond acceptors (Lipinski definition) is 2. The van der Waals surface area contributed by atoms with Gasteiger partial charge < -0.3 is 5.73 Å². The molecule has 0 fully saturated rings. The largest absolute Gasteiger partial charge is 0.399 e. The Bertz CT molecular complexity index is 745. The van der Waals surface area contributed by atoms with Crippen LogP contribution in [0.3, 0.4) is 0 Å². The molecule has 3 nitrogen and oxygen atoms in total. The highest BCUT2D eigenvalue weighted by Gasteiger charge is 2.09. The lowest BCUT2D eigenvalue weighted by Gasteiger charge is -2.02. The van der Waals surface area contributed by atoms with E-state index in [1.54, 1.807) is 16.8 Å². The zero-order valence-electron chi connectivity index (χ0n) is 11.0. The molecular weight excluding hydrogens is 253 g/mol. The molecule has 0 aliphatic rings. The van der Waals surface area contributed by atoms with E-state index in [0.717, 1.165) is 22.5 Å². The van der Waals surface area contributed by atoms with Crippen LogP contribution in [0, 0.1) is 12.7 Å². The van der Waals surface area contributed by atoms with Gasteiger partial charge in [0.15, 0.2) is 0 Å². The van der Waals surface area contributed by atoms with Gasteiger partial charge in [-0.25, -0.2) is 9.07 Å². The number of nitrogens with zero attached hydrogens (tertiary/aromatic N) is 2. The lowest BCUT2D eigenvalue weighted by molar-refractivity contribution is 0.628. The highest BCUT2D eigenvalue weighted by Crippen LogP contribution is 2.23. The third-order valence-electron chi connectivity index (χ3n) is 3.15. The minimum absolute atomic E-state index is 0.248. The zero-order valence-corrected chi connectivity index (χ0v) is 11.0. The van der Waals surface area contributed by atoms with Crippen molar-refractivity contribution in [1.29, 1.82) is 0 Å². The van der Waals surface area contributed by atoms with Gasteiger partial charge >= 0.3 is 0 Å². The van der Waals surface area contributed by atoms with Crippen LogP contribution in [0.5, 0.6) is 0 Å². The van der Waals surface area contributed by atoms with Crippen molar-refractivity contribution in [1.82, 2.24) is 9.78 Å². The van der Waals surface area contributed by atoms with Gasteiger partial charge in [0.05, 0.1) is 11.4 Å². The molecule has 0 amide bonds. The number of benzene rings is 2. The summed E-state index contributed by atoms with van der Waals surface area (Å²) in [5.74, 6) is -0.248. The van der Waals surface area contributed by atoms with Crippen LogP contribution < -0.4 is 5.73 Å². The molecule has 0 atom stereocenters. The monoisotopic (exact) mass is 267 g/mol. The second-order valence-electron chi connectivity index (χ2n) is 4.71. The van der Waals surface area contributed by atoms with E-state index in [-0.39, 0.29) is 5.82 Å². The Hall–Kier alpha value is -2.62. The summed E-state index contributed by atoms with van der Waals surface area (Å²) in [5.41, 5.74) is 10.1. The van der Waals surface area contributed by atoms with E-state index in [1.165, 1.54) is 12.1 Å². The molecule has 100 valence electrons. The fraction of sp³-hybridized carbons (Fsp3) is 0.0625. The van der Waals surface area contributed by atoms with Crippen LogP contribution in [-0.2, 0) is 0 Å². The molecule has 0 saturated heterocycles. The van der Waals surface area contributed by atoms with Crippen LogP contribution in [0.4, 0.5) is 10.1 Å². The summed E-state index contributed by atoms with van der Waals surface area (Å²) in [6, 6.07) is 13.9. The van der Waals surface area contributed by atoms with Gasteiger partial charge in [-0.1, -0.05) is 6.07 Å². The molecule has 0 bridgehead atoms. The minimum atomic E-state index is -0.248. The van der Waals surface area contributed by atoms with Crippen molar-refractivity contribution < 1.29 is 4.39 Å². The summed E-state index contributed by atoms with van der Waals surface area (Å²) < 4.78 is 14.8. The summed E-state index contributed by atoms with van der Waals surface area (Å²) in [7, 11) is 0. The molecule has 0 aliphatic carbocycles. The quantitative estimate of drug-likeness (QED) is 0.721. The first-order valence-corrected chi connectivity index (χ1v) is 6.31. The van der Waals surface area contributed by atoms with Gasteiger partial charge in [-0.2, -0.15) is 5.10 Å². The Kier molecular flexibility index (Phi) is 2.99. The van der Waals surface area contributed by atoms with E-state index in [2.05, 4.69) is 5.10 Å². The lowest BCUT2D eigenvalue weighted by Crippen LogP contribution is -1.96. The number of aryl methyl sites for hydroxylation is 1. The molecule has 4 heteroatoms. The van der Waals surface area contributed by atoms with E-state index < -0.39 is 0 Å². The van der Waals surface area contributed by atoms with Crippen molar-refractivity contribution in [3.05, 3.63) is 66.1 Å². The van der Waals surface area contributed by atoms with Gasteiger partial charge in [0.2, 0.25) is 0 Å². The van der Waals surface area contributed by atoms with Crippen LogP contribution in [0.15, 0.2) is 54.7 Å². The maximum absolute atomic E-state index is 13.0. The Labute approximate surface area is 116 Å². The summed E-state index contributed by atoms with van der Waals surface area (Å²) in [4.78, 5) is 0. The topological polar surface area (TPSA) is 43.8 Å². The highest BCUT2D eigenvalue weighted by molar-refractivity contribution is 5.63. The van der Waals surface area contributed by atoms with Crippen molar-refractivity contribution in [3.63, 3.8) is 0 Å². The van der Waals surface area contributed by atoms with Gasteiger partial charge in [0.25, 0.3) is 0 Å². The Morgan fingerprint density at radius 1 is 1.10 bits per heavy atom. The van der Waals surface area contributed by atoms with Crippen molar-refractivity contribution in [3.8, 4) is 16.9 Å². The predicted molar refractivity (Wildman–Crippen MR) is 78.1 cm³/mol. The molecule has 0 aliphatic heterocycles. The van der Waals surface area contributed by atoms with Crippen LogP contribution in [-0.4, -0.2) is 9.78 Å². The van der Waals surface area contributed by atoms with Gasteiger partial charge in [0, 0.05) is 17.4 Å². The van der Waals surface area contributed by atoms with Crippen molar-refractivity contribution in [2.75, 3.05) is 5.73 Å². The molecule has 0 unspecified atom stereocenters. The number of aromatic nitrogens is 2. The number of anilines is 1. The zero-order chi connectivity index (χ0) is 14.1. The Morgan fingerprint density at radius 3 is 2.55 bits per heavy atom. The van der Waals surface area contributed by atoms with E-state index in [1.807, 2.05) is 37.4 Å². The molecule has 2 aromatic carbocycles. The molecular formula is C16H14FN3. The van der Waals surface area contributed by atoms with E-state index in [4.69, 9.17) is 5.73 Å². The second-order valence-corrected chi connectivity index (χ2v) is 4.71. The third kappa shape index (κ3) is 2.28. The molecule has 3 aromatic rings. The maximum atomic E-state index is 13.0. The van der Waals surface area contributed by atoms with Crippen LogP contribution >= 0.6 is 0 Å². The van der Waals surface area contributed by atoms with Crippen LogP contribution in [0.2, 0.25) is 0 Å². The molecule has 3 rings (SSSR count). The fourth-order valence-electron chi connectivity index (χ4n) is 2.15. The predicted octanol–water partition coefficient (Wildman–Crippen LogP) is 3.57. The summed E-state index contributed by atoms with van der Waals surface area (Å²) in [6.07, 6.45) is 1.94. The first-order chi connectivity index (χ1) is 9.63. The van der Waals surface area contributed by atoms with Crippen molar-refractivity contribution in [2.24, 2.45) is 0 Å². The summed E-state index contributed by atoms with van der Waals surface area (Å²) >= 11 is 0. The second kappa shape index (κ2) is 4.81. The average molecular weight is 267 g/mol. The number of halogens is 1. The van der Waals surface area contributed by atoms with Crippen molar-refractivity contribution >= 4 is 5.69 Å². The van der Waals surface area contributed by atoms with Gasteiger partial charge in [-0.3, -0.25) is 0 Å². The van der Waals surface area contributed by atoms with Gasteiger partial charge in [-0.15, -0.1) is 0 Å². The normalized spacial score (nSPS) is 10.7. The van der Waals surface area contributed by atoms with E-state index >= 15 is 0 Å². The Balaban J connectivity index is 2.05. The fourth-order valence-corrected chi connectivity index (χ4v) is 2.15. The number of nitrogen functional groups attached to an aromatic ring is 1. The van der Waals surface area contributed by atoms with Crippen LogP contribution in [0.25, 0.3) is 16.9 Å². The highest BCUT2D eigenvalue weighted by atomic mass is 19.1. The average Bonchev–Trinajstić information content (AvgIpc) is 2.82. The minimum Gasteiger partial charge on any atom is -0.399 e. The van der Waals surface area contributed by atoms with Gasteiger partial charge in [-0.05, 0) is 55.0 Å². The molecule has 0 saturated carbocycles. The number of rotatable bonds is 2. The standard InChI is InChI=1S/C16H14FN3/c1-11-10-20(15-4-2-3-14(18)9-15)19-16(11)12-5-7-13(17)8-6-12/h2-10H,18H2,1H3. The molecule has 0 radical (unpaired) electrons. The molecule has 1 heterocycles. The third-order valence-corrected chi connectivity index (χ3v) is 3.15. The van der Waals surface area contributed by atoms with Crippen LogP contribution in [0.1, 0.15) is 5.56 Å². The molecule has 20 heavy (non-hydrogen) atoms. The first kappa shape index (κ1) is 12.4. The van der Waals surface area contributed by atoms with E-state index in [9.17, 15) is 4.39 Å². The smallest absolute Gasteiger partial charge is 0.123 e. The molecule has 2 N–H and O–H groups in total. The summed E-state index contributed by atoms with van der Waals surface area (Å²) in [6.45, 7) is 1.98. The number of nitrogens with two attached hydrogens (primary N) is 1. The molecule has 1 aromatic heterocycles. The number of hydrogen-bond donors (Lipinski definition) is 1. The summed E-state index contributed by atoms with van der Waals surface area (Å²) in [5, 5.41) is 4.56. The first-order valence-electron chi connectivity index (χ1n) is 6.31. The molecule has 0 spiro atoms. The van der Waals surface area contributed by atoms with E-state index in [0.29, 0.717) is 5.69 Å². The lowest BCUT2D eigenvalue weighted by atomic mass is 10.1. The SMILES string of the molecule is Cc1cn(-c2cccc(N)c2)nc1-c1ccc(F)cc1. The van der Waals surface area contributed by atoms with Gasteiger partial charge in [0.1, 0.15) is 5.82 Å². The van der Waals surface area contributed by atoms with Crippen molar-refractivity contribution in [2.45, 2.75) is 6.92 Å². The Morgan fingerprint density at radius 2 is 1.85 bits per heavy atom.